The van der Waals surface area contributed by atoms with Crippen molar-refractivity contribution in [2.75, 3.05) is 24.2 Å². The number of esters is 1. The number of aryl methyl sites for hydroxylation is 1. The van der Waals surface area contributed by atoms with Crippen LogP contribution in [0.3, 0.4) is 0 Å². The summed E-state index contributed by atoms with van der Waals surface area (Å²) in [5.74, 6) is 0.0894. The lowest BCUT2D eigenvalue weighted by molar-refractivity contribution is 0.0500. The quantitative estimate of drug-likeness (QED) is 0.355. The highest BCUT2D eigenvalue weighted by atomic mass is 33.1. The highest BCUT2D eigenvalue weighted by Crippen LogP contribution is 2.23. The lowest BCUT2D eigenvalue weighted by Crippen LogP contribution is -2.08. The fourth-order valence-electron chi connectivity index (χ4n) is 2.24. The SMILES string of the molecule is CCCCOC(=O)c1ccc(NCCSS(=O)(=O)c2ccc(C)cc2)cc1. The van der Waals surface area contributed by atoms with Crippen LogP contribution in [0.5, 0.6) is 0 Å². The summed E-state index contributed by atoms with van der Waals surface area (Å²) in [6.45, 7) is 4.89. The van der Waals surface area contributed by atoms with Crippen LogP contribution in [-0.2, 0) is 13.6 Å². The average molecular weight is 408 g/mol. The number of nitrogens with one attached hydrogen (secondary N) is 1. The fourth-order valence-corrected chi connectivity index (χ4v) is 4.90. The minimum absolute atomic E-state index is 0.323. The summed E-state index contributed by atoms with van der Waals surface area (Å²) >= 11 is 0. The first-order chi connectivity index (χ1) is 12.9. The summed E-state index contributed by atoms with van der Waals surface area (Å²) < 4.78 is 29.7. The fraction of sp³-hybridized carbons (Fsp3) is 0.350. The molecule has 0 unspecified atom stereocenters. The van der Waals surface area contributed by atoms with Gasteiger partial charge in [0.15, 0.2) is 0 Å². The standard InChI is InChI=1S/C20H25NO4S2/c1-3-4-14-25-20(22)17-7-9-18(10-8-17)21-13-15-26-27(23,24)19-11-5-16(2)6-12-19/h5-12,21H,3-4,13-15H2,1-2H3. The van der Waals surface area contributed by atoms with E-state index in [9.17, 15) is 13.2 Å². The van der Waals surface area contributed by atoms with Crippen molar-refractivity contribution in [3.8, 4) is 0 Å². The van der Waals surface area contributed by atoms with Crippen LogP contribution in [0.15, 0.2) is 53.4 Å². The number of carbonyl (C=O) groups excluding carboxylic acids is 1. The van der Waals surface area contributed by atoms with Crippen molar-refractivity contribution in [3.05, 3.63) is 59.7 Å². The molecule has 2 aromatic rings. The van der Waals surface area contributed by atoms with Gasteiger partial charge in [0.2, 0.25) is 8.87 Å². The van der Waals surface area contributed by atoms with E-state index >= 15 is 0 Å². The minimum Gasteiger partial charge on any atom is -0.462 e. The number of ether oxygens (including phenoxy) is 1. The number of rotatable bonds is 10. The molecule has 5 nitrogen and oxygen atoms in total. The van der Waals surface area contributed by atoms with Crippen LogP contribution in [0, 0.1) is 6.92 Å². The van der Waals surface area contributed by atoms with Gasteiger partial charge in [0.1, 0.15) is 0 Å². The van der Waals surface area contributed by atoms with Gasteiger partial charge < -0.3 is 10.1 Å². The Hall–Kier alpha value is -1.99. The Morgan fingerprint density at radius 1 is 1.07 bits per heavy atom. The van der Waals surface area contributed by atoms with E-state index in [4.69, 9.17) is 4.74 Å². The lowest BCUT2D eigenvalue weighted by atomic mass is 10.2. The van der Waals surface area contributed by atoms with Gasteiger partial charge in [-0.25, -0.2) is 13.2 Å². The Labute approximate surface area is 164 Å². The summed E-state index contributed by atoms with van der Waals surface area (Å²) in [6, 6.07) is 13.8. The normalized spacial score (nSPS) is 11.2. The Bertz CT molecular complexity index is 831. The molecule has 146 valence electrons. The van der Waals surface area contributed by atoms with Crippen molar-refractivity contribution < 1.29 is 17.9 Å². The second-order valence-electron chi connectivity index (χ2n) is 6.08. The molecule has 0 saturated heterocycles. The van der Waals surface area contributed by atoms with Gasteiger partial charge in [-0.15, -0.1) is 0 Å². The molecule has 27 heavy (non-hydrogen) atoms. The Balaban J connectivity index is 1.78. The predicted octanol–water partition coefficient (Wildman–Crippen LogP) is 4.49. The van der Waals surface area contributed by atoms with Crippen LogP contribution in [0.25, 0.3) is 0 Å². The maximum absolute atomic E-state index is 12.3. The molecular formula is C20H25NO4S2. The van der Waals surface area contributed by atoms with Gasteiger partial charge in [0, 0.05) is 18.0 Å². The molecule has 0 spiro atoms. The number of hydrogen-bond donors (Lipinski definition) is 1. The van der Waals surface area contributed by atoms with Crippen molar-refractivity contribution in [1.82, 2.24) is 0 Å². The zero-order valence-electron chi connectivity index (χ0n) is 15.6. The minimum atomic E-state index is -3.35. The van der Waals surface area contributed by atoms with E-state index in [0.717, 1.165) is 34.9 Å². The van der Waals surface area contributed by atoms with Crippen molar-refractivity contribution in [2.24, 2.45) is 0 Å². The average Bonchev–Trinajstić information content (AvgIpc) is 2.66. The molecule has 0 aliphatic rings. The summed E-state index contributed by atoms with van der Waals surface area (Å²) in [5, 5.41) is 3.16. The lowest BCUT2D eigenvalue weighted by Gasteiger charge is -2.08. The molecule has 0 aliphatic heterocycles. The highest BCUT2D eigenvalue weighted by Gasteiger charge is 2.14. The van der Waals surface area contributed by atoms with Gasteiger partial charge >= 0.3 is 5.97 Å². The number of hydrogen-bond acceptors (Lipinski definition) is 6. The van der Waals surface area contributed by atoms with Gasteiger partial charge in [-0.3, -0.25) is 0 Å². The summed E-state index contributed by atoms with van der Waals surface area (Å²) in [7, 11) is -2.43. The third-order valence-corrected chi connectivity index (χ3v) is 7.37. The van der Waals surface area contributed by atoms with E-state index in [1.54, 1.807) is 48.5 Å². The first-order valence-corrected chi connectivity index (χ1v) is 11.9. The zero-order chi connectivity index (χ0) is 19.7. The molecule has 0 atom stereocenters. The van der Waals surface area contributed by atoms with Gasteiger partial charge in [0.25, 0.3) is 0 Å². The summed E-state index contributed by atoms with van der Waals surface area (Å²) in [5.41, 5.74) is 2.36. The van der Waals surface area contributed by atoms with Gasteiger partial charge in [-0.05, 0) is 60.5 Å². The van der Waals surface area contributed by atoms with Crippen LogP contribution < -0.4 is 5.32 Å². The second kappa shape index (κ2) is 10.4. The van der Waals surface area contributed by atoms with Crippen LogP contribution in [0.4, 0.5) is 5.69 Å². The number of benzene rings is 2. The molecule has 0 saturated carbocycles. The molecule has 0 amide bonds. The highest BCUT2D eigenvalue weighted by molar-refractivity contribution is 8.72. The monoisotopic (exact) mass is 407 g/mol. The molecule has 0 bridgehead atoms. The number of carbonyl (C=O) groups is 1. The third kappa shape index (κ3) is 6.92. The number of unbranched alkanes of at least 4 members (excludes halogenated alkanes) is 1. The van der Waals surface area contributed by atoms with Gasteiger partial charge in [-0.1, -0.05) is 31.0 Å². The maximum atomic E-state index is 12.3. The Kier molecular flexibility index (Phi) is 8.19. The third-order valence-electron chi connectivity index (χ3n) is 3.83. The van der Waals surface area contributed by atoms with Crippen LogP contribution in [-0.4, -0.2) is 33.3 Å². The second-order valence-corrected chi connectivity index (χ2v) is 10.1. The number of anilines is 1. The smallest absolute Gasteiger partial charge is 0.338 e. The molecule has 0 aromatic heterocycles. The van der Waals surface area contributed by atoms with E-state index in [1.807, 2.05) is 13.8 Å². The van der Waals surface area contributed by atoms with Crippen molar-refractivity contribution in [3.63, 3.8) is 0 Å². The van der Waals surface area contributed by atoms with Crippen LogP contribution in [0.1, 0.15) is 35.7 Å². The maximum Gasteiger partial charge on any atom is 0.338 e. The Morgan fingerprint density at radius 2 is 1.74 bits per heavy atom. The van der Waals surface area contributed by atoms with Crippen molar-refractivity contribution in [1.29, 1.82) is 0 Å². The Morgan fingerprint density at radius 3 is 2.37 bits per heavy atom. The molecule has 0 radical (unpaired) electrons. The van der Waals surface area contributed by atoms with Crippen LogP contribution in [0.2, 0.25) is 0 Å². The summed E-state index contributed by atoms with van der Waals surface area (Å²) in [4.78, 5) is 12.2. The molecule has 2 rings (SSSR count). The molecule has 1 N–H and O–H groups in total. The first-order valence-electron chi connectivity index (χ1n) is 8.89. The van der Waals surface area contributed by atoms with E-state index in [2.05, 4.69) is 5.32 Å². The van der Waals surface area contributed by atoms with E-state index in [1.165, 1.54) is 0 Å². The molecular weight excluding hydrogens is 382 g/mol. The molecule has 0 heterocycles. The molecule has 7 heteroatoms. The van der Waals surface area contributed by atoms with Gasteiger partial charge in [0.05, 0.1) is 17.1 Å². The van der Waals surface area contributed by atoms with Gasteiger partial charge in [-0.2, -0.15) is 0 Å². The van der Waals surface area contributed by atoms with E-state index in [0.29, 0.717) is 29.4 Å². The topological polar surface area (TPSA) is 72.5 Å². The zero-order valence-corrected chi connectivity index (χ0v) is 17.2. The molecule has 2 aromatic carbocycles. The first kappa shape index (κ1) is 21.3. The predicted molar refractivity (Wildman–Crippen MR) is 111 cm³/mol. The van der Waals surface area contributed by atoms with Crippen molar-refractivity contribution >= 4 is 31.3 Å². The van der Waals surface area contributed by atoms with E-state index < -0.39 is 8.87 Å². The molecule has 0 fully saturated rings. The van der Waals surface area contributed by atoms with Crippen molar-refractivity contribution in [2.45, 2.75) is 31.6 Å². The van der Waals surface area contributed by atoms with E-state index in [-0.39, 0.29) is 5.97 Å². The largest absolute Gasteiger partial charge is 0.462 e. The van der Waals surface area contributed by atoms with Crippen LogP contribution >= 0.6 is 10.8 Å². The summed E-state index contributed by atoms with van der Waals surface area (Å²) in [6.07, 6.45) is 1.84. The molecule has 0 aliphatic carbocycles.